The molecule has 0 bridgehead atoms. The minimum absolute atomic E-state index is 0.0362. The first kappa shape index (κ1) is 15.6. The van der Waals surface area contributed by atoms with Crippen molar-refractivity contribution in [1.82, 2.24) is 14.5 Å². The average molecular weight is 327 g/mol. The van der Waals surface area contributed by atoms with E-state index in [2.05, 4.69) is 27.9 Å². The van der Waals surface area contributed by atoms with Crippen molar-refractivity contribution in [1.29, 1.82) is 0 Å². The van der Waals surface area contributed by atoms with Crippen molar-refractivity contribution in [2.24, 2.45) is 11.8 Å². The summed E-state index contributed by atoms with van der Waals surface area (Å²) in [4.78, 5) is 18.9. The van der Waals surface area contributed by atoms with Gasteiger partial charge in [-0.2, -0.15) is 0 Å². The fraction of sp³-hybridized carbons (Fsp3) is 0.579. The second-order valence-corrected chi connectivity index (χ2v) is 7.76. The van der Waals surface area contributed by atoms with Crippen LogP contribution in [-0.2, 0) is 11.3 Å². The maximum Gasteiger partial charge on any atom is 0.225 e. The summed E-state index contributed by atoms with van der Waals surface area (Å²) in [6, 6.07) is 6.17. The molecular weight excluding hydrogens is 302 g/mol. The van der Waals surface area contributed by atoms with Crippen LogP contribution in [0.5, 0.6) is 0 Å². The standard InChI is InChI=1S/C19H25N3O2/c1-19(24)11-16(12-19)18(23)21-8-4-14(5-9-21)13-22-10-6-15-3-2-7-20-17(15)22/h2-3,6-7,10,14,16,24H,4-5,8-9,11-13H2,1H3. The molecule has 0 unspecified atom stereocenters. The van der Waals surface area contributed by atoms with Crippen LogP contribution >= 0.6 is 0 Å². The Bertz CT molecular complexity index is 736. The Hall–Kier alpha value is -1.88. The number of rotatable bonds is 3. The van der Waals surface area contributed by atoms with Crippen LogP contribution in [-0.4, -0.2) is 44.2 Å². The number of aromatic nitrogens is 2. The number of amides is 1. The Morgan fingerprint density at radius 3 is 2.79 bits per heavy atom. The lowest BCUT2D eigenvalue weighted by Gasteiger charge is -2.43. The second-order valence-electron chi connectivity index (χ2n) is 7.76. The largest absolute Gasteiger partial charge is 0.390 e. The van der Waals surface area contributed by atoms with Gasteiger partial charge in [-0.15, -0.1) is 0 Å². The van der Waals surface area contributed by atoms with E-state index in [0.29, 0.717) is 18.8 Å². The van der Waals surface area contributed by atoms with Gasteiger partial charge in [-0.05, 0) is 56.7 Å². The normalized spacial score (nSPS) is 28.1. The molecule has 1 aliphatic carbocycles. The van der Waals surface area contributed by atoms with Crippen LogP contribution in [0.4, 0.5) is 0 Å². The Labute approximate surface area is 142 Å². The zero-order valence-electron chi connectivity index (χ0n) is 14.2. The lowest BCUT2D eigenvalue weighted by Crippen LogP contribution is -2.51. The maximum absolute atomic E-state index is 12.5. The minimum Gasteiger partial charge on any atom is -0.390 e. The highest BCUT2D eigenvalue weighted by Crippen LogP contribution is 2.39. The van der Waals surface area contributed by atoms with Gasteiger partial charge in [0, 0.05) is 43.3 Å². The van der Waals surface area contributed by atoms with E-state index in [0.717, 1.165) is 38.1 Å². The van der Waals surface area contributed by atoms with Crippen LogP contribution in [0.2, 0.25) is 0 Å². The highest BCUT2D eigenvalue weighted by atomic mass is 16.3. The number of carbonyl (C=O) groups excluding carboxylic acids is 1. The number of hydrogen-bond acceptors (Lipinski definition) is 3. The van der Waals surface area contributed by atoms with E-state index in [9.17, 15) is 9.90 Å². The average Bonchev–Trinajstić information content (AvgIpc) is 2.96. The molecule has 4 rings (SSSR count). The van der Waals surface area contributed by atoms with Gasteiger partial charge in [0.05, 0.1) is 5.60 Å². The summed E-state index contributed by atoms with van der Waals surface area (Å²) >= 11 is 0. The molecule has 128 valence electrons. The van der Waals surface area contributed by atoms with E-state index in [4.69, 9.17) is 0 Å². The predicted octanol–water partition coefficient (Wildman–Crippen LogP) is 2.44. The van der Waals surface area contributed by atoms with Crippen LogP contribution in [0.1, 0.15) is 32.6 Å². The predicted molar refractivity (Wildman–Crippen MR) is 92.4 cm³/mol. The Morgan fingerprint density at radius 2 is 2.08 bits per heavy atom. The van der Waals surface area contributed by atoms with E-state index in [1.165, 1.54) is 5.39 Å². The molecule has 1 saturated carbocycles. The molecule has 1 amide bonds. The van der Waals surface area contributed by atoms with Crippen molar-refractivity contribution >= 4 is 16.9 Å². The highest BCUT2D eigenvalue weighted by Gasteiger charge is 2.44. The third-order valence-electron chi connectivity index (χ3n) is 5.63. The summed E-state index contributed by atoms with van der Waals surface area (Å²) in [5, 5.41) is 11.0. The van der Waals surface area contributed by atoms with Crippen molar-refractivity contribution in [3.63, 3.8) is 0 Å². The number of piperidine rings is 1. The fourth-order valence-electron chi connectivity index (χ4n) is 4.22. The molecule has 2 fully saturated rings. The third kappa shape index (κ3) is 2.93. The maximum atomic E-state index is 12.5. The molecular formula is C19H25N3O2. The fourth-order valence-corrected chi connectivity index (χ4v) is 4.22. The summed E-state index contributed by atoms with van der Waals surface area (Å²) in [5.74, 6) is 0.873. The van der Waals surface area contributed by atoms with Gasteiger partial charge < -0.3 is 14.6 Å². The molecule has 1 aliphatic heterocycles. The third-order valence-corrected chi connectivity index (χ3v) is 5.63. The van der Waals surface area contributed by atoms with Crippen LogP contribution in [0.15, 0.2) is 30.6 Å². The molecule has 0 aromatic carbocycles. The Balaban J connectivity index is 1.32. The van der Waals surface area contributed by atoms with E-state index in [-0.39, 0.29) is 11.8 Å². The van der Waals surface area contributed by atoms with Gasteiger partial charge in [0.1, 0.15) is 5.65 Å². The molecule has 5 heteroatoms. The molecule has 5 nitrogen and oxygen atoms in total. The van der Waals surface area contributed by atoms with Crippen molar-refractivity contribution in [3.8, 4) is 0 Å². The summed E-state index contributed by atoms with van der Waals surface area (Å²) in [7, 11) is 0. The summed E-state index contributed by atoms with van der Waals surface area (Å²) in [6.45, 7) is 4.47. The number of aliphatic hydroxyl groups is 1. The molecule has 0 spiro atoms. The number of nitrogens with zero attached hydrogens (tertiary/aromatic N) is 3. The zero-order chi connectivity index (χ0) is 16.7. The molecule has 1 saturated heterocycles. The smallest absolute Gasteiger partial charge is 0.225 e. The van der Waals surface area contributed by atoms with Gasteiger partial charge in [-0.1, -0.05) is 0 Å². The Morgan fingerprint density at radius 1 is 1.33 bits per heavy atom. The molecule has 2 aromatic heterocycles. The van der Waals surface area contributed by atoms with Gasteiger partial charge in [0.25, 0.3) is 0 Å². The Kier molecular flexibility index (Phi) is 3.83. The zero-order valence-corrected chi connectivity index (χ0v) is 14.2. The number of carbonyl (C=O) groups is 1. The number of pyridine rings is 1. The van der Waals surface area contributed by atoms with Crippen molar-refractivity contribution in [2.75, 3.05) is 13.1 Å². The topological polar surface area (TPSA) is 58.4 Å². The van der Waals surface area contributed by atoms with Crippen LogP contribution in [0, 0.1) is 11.8 Å². The van der Waals surface area contributed by atoms with Crippen LogP contribution in [0.3, 0.4) is 0 Å². The van der Waals surface area contributed by atoms with Crippen molar-refractivity contribution in [3.05, 3.63) is 30.6 Å². The lowest BCUT2D eigenvalue weighted by atomic mass is 9.71. The SMILES string of the molecule is CC1(O)CC(C(=O)N2CCC(Cn3ccc4cccnc43)CC2)C1. The number of fused-ring (bicyclic) bond motifs is 1. The van der Waals surface area contributed by atoms with Gasteiger partial charge in [-0.25, -0.2) is 4.98 Å². The van der Waals surface area contributed by atoms with Crippen molar-refractivity contribution in [2.45, 2.75) is 44.8 Å². The minimum atomic E-state index is -0.624. The van der Waals surface area contributed by atoms with Gasteiger partial charge >= 0.3 is 0 Å². The summed E-state index contributed by atoms with van der Waals surface area (Å²) in [6.07, 6.45) is 7.28. The molecule has 3 heterocycles. The molecule has 1 N–H and O–H groups in total. The van der Waals surface area contributed by atoms with E-state index in [1.807, 2.05) is 24.1 Å². The highest BCUT2D eigenvalue weighted by molar-refractivity contribution is 5.80. The van der Waals surface area contributed by atoms with Gasteiger partial charge in [0.15, 0.2) is 0 Å². The molecule has 2 aromatic rings. The molecule has 2 aliphatic rings. The second kappa shape index (κ2) is 5.88. The quantitative estimate of drug-likeness (QED) is 0.942. The van der Waals surface area contributed by atoms with Crippen molar-refractivity contribution < 1.29 is 9.90 Å². The first-order valence-corrected chi connectivity index (χ1v) is 8.93. The number of hydrogen-bond donors (Lipinski definition) is 1. The van der Waals surface area contributed by atoms with Crippen LogP contribution < -0.4 is 0 Å². The lowest BCUT2D eigenvalue weighted by molar-refractivity contribution is -0.151. The van der Waals surface area contributed by atoms with E-state index < -0.39 is 5.60 Å². The van der Waals surface area contributed by atoms with E-state index in [1.54, 1.807) is 0 Å². The monoisotopic (exact) mass is 327 g/mol. The van der Waals surface area contributed by atoms with E-state index >= 15 is 0 Å². The first-order valence-electron chi connectivity index (χ1n) is 8.93. The summed E-state index contributed by atoms with van der Waals surface area (Å²) in [5.41, 5.74) is 0.425. The van der Waals surface area contributed by atoms with Gasteiger partial charge in [-0.3, -0.25) is 4.79 Å². The summed E-state index contributed by atoms with van der Waals surface area (Å²) < 4.78 is 2.24. The molecule has 24 heavy (non-hydrogen) atoms. The first-order chi connectivity index (χ1) is 11.5. The van der Waals surface area contributed by atoms with Gasteiger partial charge in [0.2, 0.25) is 5.91 Å². The van der Waals surface area contributed by atoms with Crippen LogP contribution in [0.25, 0.3) is 11.0 Å². The molecule has 0 atom stereocenters. The molecule has 0 radical (unpaired) electrons. The number of likely N-dealkylation sites (tertiary alicyclic amines) is 1.